The van der Waals surface area contributed by atoms with Crippen LogP contribution < -0.4 is 5.32 Å². The third-order valence-electron chi connectivity index (χ3n) is 5.56. The van der Waals surface area contributed by atoms with Crippen molar-refractivity contribution in [2.45, 2.75) is 27.7 Å². The summed E-state index contributed by atoms with van der Waals surface area (Å²) in [6.07, 6.45) is 0. The zero-order chi connectivity index (χ0) is 23.0. The normalized spacial score (nSPS) is 10.9. The van der Waals surface area contributed by atoms with Gasteiger partial charge in [0.1, 0.15) is 0 Å². The zero-order valence-electron chi connectivity index (χ0n) is 18.4. The Labute approximate surface area is 186 Å². The number of carbonyl (C=O) groups is 1. The van der Waals surface area contributed by atoms with Gasteiger partial charge in [-0.25, -0.2) is 4.98 Å². The fourth-order valence-electron chi connectivity index (χ4n) is 3.96. The molecule has 6 nitrogen and oxygen atoms in total. The molecule has 1 amide bonds. The highest BCUT2D eigenvalue weighted by Crippen LogP contribution is 2.32. The van der Waals surface area contributed by atoms with E-state index in [-0.39, 0.29) is 11.6 Å². The minimum Gasteiger partial charge on any atom is -0.322 e. The van der Waals surface area contributed by atoms with E-state index >= 15 is 0 Å². The molecule has 4 aromatic rings. The smallest absolute Gasteiger partial charge is 0.269 e. The molecule has 1 aromatic heterocycles. The molecule has 1 N–H and O–H groups in total. The third kappa shape index (κ3) is 3.95. The molecule has 32 heavy (non-hydrogen) atoms. The lowest BCUT2D eigenvalue weighted by molar-refractivity contribution is -0.384. The number of hydrogen-bond acceptors (Lipinski definition) is 4. The van der Waals surface area contributed by atoms with Crippen LogP contribution in [0.4, 0.5) is 11.4 Å². The molecule has 0 saturated heterocycles. The number of nitrogens with zero attached hydrogens (tertiary/aromatic N) is 2. The van der Waals surface area contributed by atoms with Gasteiger partial charge < -0.3 is 5.32 Å². The first-order valence-electron chi connectivity index (χ1n) is 10.3. The van der Waals surface area contributed by atoms with Crippen LogP contribution in [0.15, 0.2) is 60.7 Å². The maximum Gasteiger partial charge on any atom is 0.269 e. The molecular formula is C26H23N3O3. The van der Waals surface area contributed by atoms with Gasteiger partial charge in [-0.3, -0.25) is 14.9 Å². The van der Waals surface area contributed by atoms with E-state index in [0.29, 0.717) is 11.3 Å². The van der Waals surface area contributed by atoms with Gasteiger partial charge >= 0.3 is 0 Å². The van der Waals surface area contributed by atoms with Crippen LogP contribution in [0.2, 0.25) is 0 Å². The van der Waals surface area contributed by atoms with E-state index < -0.39 is 4.92 Å². The fourth-order valence-corrected chi connectivity index (χ4v) is 3.96. The van der Waals surface area contributed by atoms with Crippen molar-refractivity contribution >= 4 is 28.2 Å². The lowest BCUT2D eigenvalue weighted by Crippen LogP contribution is -2.15. The van der Waals surface area contributed by atoms with E-state index in [1.54, 1.807) is 0 Å². The second-order valence-corrected chi connectivity index (χ2v) is 8.06. The lowest BCUT2D eigenvalue weighted by Gasteiger charge is -2.17. The Balaban J connectivity index is 1.87. The van der Waals surface area contributed by atoms with E-state index in [1.165, 1.54) is 24.3 Å². The van der Waals surface area contributed by atoms with Crippen molar-refractivity contribution in [2.24, 2.45) is 0 Å². The van der Waals surface area contributed by atoms with Gasteiger partial charge in [0.2, 0.25) is 0 Å². The average molecular weight is 425 g/mol. The number of non-ortho nitro benzene ring substituents is 1. The largest absolute Gasteiger partial charge is 0.322 e. The monoisotopic (exact) mass is 425 g/mol. The first-order chi connectivity index (χ1) is 15.2. The summed E-state index contributed by atoms with van der Waals surface area (Å²) in [5, 5.41) is 14.6. The number of hydrogen-bond donors (Lipinski definition) is 1. The standard InChI is InChI=1S/C26H23N3O3/c1-15-5-7-19(8-6-15)25-18(4)23(22-14-16(2)13-17(3)24(22)28-25)26(30)27-20-9-11-21(12-10-20)29(31)32/h5-14H,1-4H3,(H,27,30). The fraction of sp³-hybridized carbons (Fsp3) is 0.154. The number of nitrogens with one attached hydrogen (secondary N) is 1. The number of benzene rings is 3. The van der Waals surface area contributed by atoms with Crippen LogP contribution in [-0.4, -0.2) is 15.8 Å². The van der Waals surface area contributed by atoms with E-state index in [1.807, 2.05) is 58.0 Å². The first-order valence-corrected chi connectivity index (χ1v) is 10.3. The molecule has 1 heterocycles. The Bertz CT molecular complexity index is 1360. The van der Waals surface area contributed by atoms with Crippen molar-refractivity contribution in [3.8, 4) is 11.3 Å². The number of fused-ring (bicyclic) bond motifs is 1. The second kappa shape index (κ2) is 8.23. The number of nitro benzene ring substituents is 1. The van der Waals surface area contributed by atoms with Gasteiger partial charge in [0.05, 0.1) is 21.7 Å². The van der Waals surface area contributed by atoms with Gasteiger partial charge in [-0.2, -0.15) is 0 Å². The third-order valence-corrected chi connectivity index (χ3v) is 5.56. The summed E-state index contributed by atoms with van der Waals surface area (Å²) in [5.41, 5.74) is 7.48. The van der Waals surface area contributed by atoms with Crippen LogP contribution in [0.5, 0.6) is 0 Å². The van der Waals surface area contributed by atoms with Crippen molar-refractivity contribution in [2.75, 3.05) is 5.32 Å². The summed E-state index contributed by atoms with van der Waals surface area (Å²) < 4.78 is 0. The molecule has 4 rings (SSSR count). The highest BCUT2D eigenvalue weighted by atomic mass is 16.6. The van der Waals surface area contributed by atoms with Crippen LogP contribution >= 0.6 is 0 Å². The van der Waals surface area contributed by atoms with Gasteiger partial charge in [0.15, 0.2) is 0 Å². The van der Waals surface area contributed by atoms with Crippen molar-refractivity contribution in [1.82, 2.24) is 4.98 Å². The summed E-state index contributed by atoms with van der Waals surface area (Å²) in [6, 6.07) is 17.9. The number of rotatable bonds is 4. The number of aromatic nitrogens is 1. The number of pyridine rings is 1. The quantitative estimate of drug-likeness (QED) is 0.307. The van der Waals surface area contributed by atoms with Crippen molar-refractivity contribution in [3.05, 3.63) is 98.6 Å². The van der Waals surface area contributed by atoms with Crippen molar-refractivity contribution in [1.29, 1.82) is 0 Å². The number of nitro groups is 1. The molecule has 0 saturated carbocycles. The van der Waals surface area contributed by atoms with Gasteiger partial charge in [-0.15, -0.1) is 0 Å². The molecule has 3 aromatic carbocycles. The van der Waals surface area contributed by atoms with Crippen molar-refractivity contribution < 1.29 is 9.72 Å². The molecule has 0 spiro atoms. The van der Waals surface area contributed by atoms with Gasteiger partial charge in [0, 0.05) is 28.8 Å². The van der Waals surface area contributed by atoms with Crippen LogP contribution in [-0.2, 0) is 0 Å². The molecule has 0 aliphatic carbocycles. The molecule has 6 heteroatoms. The molecule has 0 radical (unpaired) electrons. The Hall–Kier alpha value is -4.06. The Morgan fingerprint density at radius 3 is 2.19 bits per heavy atom. The SMILES string of the molecule is Cc1ccc(-c2nc3c(C)cc(C)cc3c(C(=O)Nc3ccc([N+](=O)[O-])cc3)c2C)cc1. The summed E-state index contributed by atoms with van der Waals surface area (Å²) in [6.45, 7) is 7.92. The topological polar surface area (TPSA) is 85.1 Å². The molecule has 0 unspecified atom stereocenters. The van der Waals surface area contributed by atoms with Crippen LogP contribution in [0, 0.1) is 37.8 Å². The molecule has 0 bridgehead atoms. The second-order valence-electron chi connectivity index (χ2n) is 8.06. The minimum atomic E-state index is -0.467. The molecule has 0 aliphatic heterocycles. The number of aryl methyl sites for hydroxylation is 3. The summed E-state index contributed by atoms with van der Waals surface area (Å²) in [5.74, 6) is -0.276. The molecule has 0 fully saturated rings. The van der Waals surface area contributed by atoms with E-state index in [9.17, 15) is 14.9 Å². The van der Waals surface area contributed by atoms with Crippen molar-refractivity contribution in [3.63, 3.8) is 0 Å². The first kappa shape index (κ1) is 21.2. The average Bonchev–Trinajstić information content (AvgIpc) is 2.74. The van der Waals surface area contributed by atoms with E-state index in [4.69, 9.17) is 4.98 Å². The van der Waals surface area contributed by atoms with Crippen LogP contribution in [0.1, 0.15) is 32.6 Å². The molecule has 0 atom stereocenters. The highest BCUT2D eigenvalue weighted by molar-refractivity contribution is 6.15. The molecule has 160 valence electrons. The van der Waals surface area contributed by atoms with Crippen LogP contribution in [0.3, 0.4) is 0 Å². The van der Waals surface area contributed by atoms with Gasteiger partial charge in [-0.05, 0) is 57.0 Å². The Morgan fingerprint density at radius 2 is 1.56 bits per heavy atom. The van der Waals surface area contributed by atoms with E-state index in [2.05, 4.69) is 11.4 Å². The summed E-state index contributed by atoms with van der Waals surface area (Å²) >= 11 is 0. The highest BCUT2D eigenvalue weighted by Gasteiger charge is 2.20. The molecule has 0 aliphatic rings. The Kier molecular flexibility index (Phi) is 5.45. The predicted octanol–water partition coefficient (Wildman–Crippen LogP) is 6.30. The number of amides is 1. The van der Waals surface area contributed by atoms with Crippen LogP contribution in [0.25, 0.3) is 22.2 Å². The van der Waals surface area contributed by atoms with Gasteiger partial charge in [0.25, 0.3) is 11.6 Å². The van der Waals surface area contributed by atoms with Gasteiger partial charge in [-0.1, -0.05) is 41.5 Å². The lowest BCUT2D eigenvalue weighted by atomic mass is 9.94. The predicted molar refractivity (Wildman–Crippen MR) is 127 cm³/mol. The van der Waals surface area contributed by atoms with E-state index in [0.717, 1.165) is 44.4 Å². The Morgan fingerprint density at radius 1 is 0.906 bits per heavy atom. The zero-order valence-corrected chi connectivity index (χ0v) is 18.4. The summed E-state index contributed by atoms with van der Waals surface area (Å²) in [7, 11) is 0. The number of carbonyl (C=O) groups excluding carboxylic acids is 1. The molecular weight excluding hydrogens is 402 g/mol. The maximum absolute atomic E-state index is 13.5. The minimum absolute atomic E-state index is 0.0264. The summed E-state index contributed by atoms with van der Waals surface area (Å²) in [4.78, 5) is 28.8. The number of anilines is 1. The maximum atomic E-state index is 13.5.